The molecule has 0 saturated heterocycles. The van der Waals surface area contributed by atoms with Crippen molar-refractivity contribution in [2.24, 2.45) is 0 Å². The minimum Gasteiger partial charge on any atom is -0.494 e. The molecule has 1 heterocycles. The number of aryl methyl sites for hydroxylation is 2. The van der Waals surface area contributed by atoms with Crippen molar-refractivity contribution >= 4 is 5.91 Å². The molecule has 22 heavy (non-hydrogen) atoms. The van der Waals surface area contributed by atoms with E-state index in [1.54, 1.807) is 0 Å². The average molecular weight is 301 g/mol. The summed E-state index contributed by atoms with van der Waals surface area (Å²) in [6.07, 6.45) is 0.378. The first-order valence-electron chi connectivity index (χ1n) is 7.58. The fraction of sp³-hybridized carbons (Fsp3) is 0.412. The van der Waals surface area contributed by atoms with Gasteiger partial charge in [-0.05, 0) is 44.5 Å². The number of aromatic nitrogens is 2. The monoisotopic (exact) mass is 301 g/mol. The first kappa shape index (κ1) is 16.1. The molecule has 2 aromatic rings. The molecular weight excluding hydrogens is 278 g/mol. The van der Waals surface area contributed by atoms with Crippen molar-refractivity contribution in [3.05, 3.63) is 47.3 Å². The Morgan fingerprint density at radius 2 is 2.00 bits per heavy atom. The Balaban J connectivity index is 1.76. The lowest BCUT2D eigenvalue weighted by molar-refractivity contribution is -0.120. The number of hydrogen-bond donors (Lipinski definition) is 1. The number of carbonyl (C=O) groups excluding carboxylic acids is 1. The van der Waals surface area contributed by atoms with E-state index in [1.165, 1.54) is 0 Å². The van der Waals surface area contributed by atoms with Crippen LogP contribution in [0.1, 0.15) is 23.9 Å². The number of ether oxygens (including phenoxy) is 1. The van der Waals surface area contributed by atoms with Crippen LogP contribution in [0, 0.1) is 13.8 Å². The number of rotatable bonds is 7. The molecule has 118 valence electrons. The van der Waals surface area contributed by atoms with Crippen LogP contribution < -0.4 is 10.1 Å². The van der Waals surface area contributed by atoms with Crippen LogP contribution in [0.5, 0.6) is 5.75 Å². The number of nitrogens with zero attached hydrogens (tertiary/aromatic N) is 2. The molecule has 0 aliphatic carbocycles. The van der Waals surface area contributed by atoms with E-state index in [9.17, 15) is 4.79 Å². The van der Waals surface area contributed by atoms with Gasteiger partial charge < -0.3 is 10.1 Å². The van der Waals surface area contributed by atoms with E-state index < -0.39 is 0 Å². The van der Waals surface area contributed by atoms with Crippen molar-refractivity contribution in [3.63, 3.8) is 0 Å². The van der Waals surface area contributed by atoms with Gasteiger partial charge in [-0.25, -0.2) is 0 Å². The highest BCUT2D eigenvalue weighted by atomic mass is 16.5. The van der Waals surface area contributed by atoms with Crippen LogP contribution in [0.3, 0.4) is 0 Å². The zero-order valence-electron chi connectivity index (χ0n) is 13.4. The summed E-state index contributed by atoms with van der Waals surface area (Å²) < 4.78 is 7.29. The molecule has 5 heteroatoms. The standard InChI is InChI=1S/C17H23N3O2/c1-4-22-16-7-5-15(6-8-16)12-17(21)18-9-10-20-14(3)11-13(2)19-20/h5-8,11H,4,9-10,12H2,1-3H3,(H,18,21). The predicted octanol–water partition coefficient (Wildman–Crippen LogP) is 2.26. The maximum absolute atomic E-state index is 11.9. The van der Waals surface area contributed by atoms with Crippen molar-refractivity contribution in [1.82, 2.24) is 15.1 Å². The molecule has 5 nitrogen and oxygen atoms in total. The molecule has 0 radical (unpaired) electrons. The fourth-order valence-electron chi connectivity index (χ4n) is 2.32. The summed E-state index contributed by atoms with van der Waals surface area (Å²) in [6, 6.07) is 9.66. The van der Waals surface area contributed by atoms with Gasteiger partial charge in [0.15, 0.2) is 0 Å². The second kappa shape index (κ2) is 7.64. The third-order valence-electron chi connectivity index (χ3n) is 3.35. The van der Waals surface area contributed by atoms with Crippen LogP contribution in [0.2, 0.25) is 0 Å². The van der Waals surface area contributed by atoms with Crippen LogP contribution >= 0.6 is 0 Å². The summed E-state index contributed by atoms with van der Waals surface area (Å²) in [5.41, 5.74) is 3.09. The van der Waals surface area contributed by atoms with E-state index in [4.69, 9.17) is 4.74 Å². The molecule has 1 amide bonds. The SMILES string of the molecule is CCOc1ccc(CC(=O)NCCn2nc(C)cc2C)cc1. The molecule has 1 aromatic heterocycles. The largest absolute Gasteiger partial charge is 0.494 e. The topological polar surface area (TPSA) is 56.1 Å². The number of benzene rings is 1. The van der Waals surface area contributed by atoms with Crippen LogP contribution in [0.4, 0.5) is 0 Å². The zero-order chi connectivity index (χ0) is 15.9. The molecule has 1 N–H and O–H groups in total. The van der Waals surface area contributed by atoms with Crippen molar-refractivity contribution in [2.75, 3.05) is 13.2 Å². The van der Waals surface area contributed by atoms with Crippen molar-refractivity contribution < 1.29 is 9.53 Å². The molecule has 0 atom stereocenters. The van der Waals surface area contributed by atoms with Gasteiger partial charge in [0.05, 0.1) is 25.3 Å². The van der Waals surface area contributed by atoms with Gasteiger partial charge in [-0.2, -0.15) is 5.10 Å². The third-order valence-corrected chi connectivity index (χ3v) is 3.35. The van der Waals surface area contributed by atoms with Crippen LogP contribution in [0.25, 0.3) is 0 Å². The summed E-state index contributed by atoms with van der Waals surface area (Å²) in [6.45, 7) is 7.85. The van der Waals surface area contributed by atoms with E-state index in [1.807, 2.05) is 55.8 Å². The third kappa shape index (κ3) is 4.62. The smallest absolute Gasteiger partial charge is 0.224 e. The van der Waals surface area contributed by atoms with Crippen LogP contribution in [-0.4, -0.2) is 28.8 Å². The minimum absolute atomic E-state index is 0.0192. The number of carbonyl (C=O) groups is 1. The Kier molecular flexibility index (Phi) is 5.58. The quantitative estimate of drug-likeness (QED) is 0.853. The van der Waals surface area contributed by atoms with Gasteiger partial charge in [0.1, 0.15) is 5.75 Å². The molecule has 0 unspecified atom stereocenters. The van der Waals surface area contributed by atoms with Crippen LogP contribution in [-0.2, 0) is 17.8 Å². The molecular formula is C17H23N3O2. The van der Waals surface area contributed by atoms with Crippen molar-refractivity contribution in [1.29, 1.82) is 0 Å². The summed E-state index contributed by atoms with van der Waals surface area (Å²) >= 11 is 0. The van der Waals surface area contributed by atoms with E-state index in [2.05, 4.69) is 10.4 Å². The molecule has 0 fully saturated rings. The second-order valence-corrected chi connectivity index (χ2v) is 5.25. The van der Waals surface area contributed by atoms with Gasteiger partial charge in [-0.3, -0.25) is 9.48 Å². The highest BCUT2D eigenvalue weighted by Gasteiger charge is 2.05. The van der Waals surface area contributed by atoms with E-state index in [0.717, 1.165) is 22.7 Å². The lowest BCUT2D eigenvalue weighted by Crippen LogP contribution is -2.29. The van der Waals surface area contributed by atoms with Gasteiger partial charge in [-0.1, -0.05) is 12.1 Å². The summed E-state index contributed by atoms with van der Waals surface area (Å²) in [7, 11) is 0. The van der Waals surface area contributed by atoms with Gasteiger partial charge in [0.2, 0.25) is 5.91 Å². The summed E-state index contributed by atoms with van der Waals surface area (Å²) in [5, 5.41) is 7.29. The fourth-order valence-corrected chi connectivity index (χ4v) is 2.32. The van der Waals surface area contributed by atoms with Gasteiger partial charge in [0.25, 0.3) is 0 Å². The Morgan fingerprint density at radius 1 is 1.27 bits per heavy atom. The Hall–Kier alpha value is -2.30. The molecule has 0 aliphatic heterocycles. The second-order valence-electron chi connectivity index (χ2n) is 5.25. The highest BCUT2D eigenvalue weighted by Crippen LogP contribution is 2.12. The predicted molar refractivity (Wildman–Crippen MR) is 86.0 cm³/mol. The highest BCUT2D eigenvalue weighted by molar-refractivity contribution is 5.78. The van der Waals surface area contributed by atoms with E-state index in [-0.39, 0.29) is 5.91 Å². The normalized spacial score (nSPS) is 10.5. The van der Waals surface area contributed by atoms with Crippen LogP contribution in [0.15, 0.2) is 30.3 Å². The molecule has 0 aliphatic rings. The lowest BCUT2D eigenvalue weighted by atomic mass is 10.1. The van der Waals surface area contributed by atoms with Crippen molar-refractivity contribution in [3.8, 4) is 5.75 Å². The summed E-state index contributed by atoms with van der Waals surface area (Å²) in [5.74, 6) is 0.849. The van der Waals surface area contributed by atoms with Gasteiger partial charge in [0, 0.05) is 12.2 Å². The molecule has 2 rings (SSSR count). The Morgan fingerprint density at radius 3 is 2.59 bits per heavy atom. The summed E-state index contributed by atoms with van der Waals surface area (Å²) in [4.78, 5) is 11.9. The first-order chi connectivity index (χ1) is 10.6. The first-order valence-corrected chi connectivity index (χ1v) is 7.58. The average Bonchev–Trinajstić information content (AvgIpc) is 2.79. The van der Waals surface area contributed by atoms with E-state index >= 15 is 0 Å². The zero-order valence-corrected chi connectivity index (χ0v) is 13.4. The van der Waals surface area contributed by atoms with E-state index in [0.29, 0.717) is 26.1 Å². The Labute approximate surface area is 131 Å². The van der Waals surface area contributed by atoms with Crippen molar-refractivity contribution in [2.45, 2.75) is 33.7 Å². The maximum atomic E-state index is 11.9. The molecule has 0 spiro atoms. The molecule has 1 aromatic carbocycles. The van der Waals surface area contributed by atoms with Gasteiger partial charge in [-0.15, -0.1) is 0 Å². The molecule has 0 saturated carbocycles. The lowest BCUT2D eigenvalue weighted by Gasteiger charge is -2.08. The number of hydrogen-bond acceptors (Lipinski definition) is 3. The number of amides is 1. The maximum Gasteiger partial charge on any atom is 0.224 e. The number of nitrogens with one attached hydrogen (secondary N) is 1. The Bertz CT molecular complexity index is 617. The minimum atomic E-state index is 0.0192. The molecule has 0 bridgehead atoms. The van der Waals surface area contributed by atoms with Gasteiger partial charge >= 0.3 is 0 Å².